The molecule has 1 heterocycles. The lowest BCUT2D eigenvalue weighted by molar-refractivity contribution is 0.183. The monoisotopic (exact) mass is 205 g/mol. The van der Waals surface area contributed by atoms with Crippen molar-refractivity contribution in [3.63, 3.8) is 0 Å². The van der Waals surface area contributed by atoms with Crippen LogP contribution in [0.25, 0.3) is 0 Å². The Bertz CT molecular complexity index is 286. The Balaban J connectivity index is 1.92. The molecule has 0 spiro atoms. The van der Waals surface area contributed by atoms with Crippen LogP contribution >= 0.6 is 0 Å². The second-order valence-electron chi connectivity index (χ2n) is 4.37. The summed E-state index contributed by atoms with van der Waals surface area (Å²) in [7, 11) is 0. The molecular formula is C13H19NO. The summed E-state index contributed by atoms with van der Waals surface area (Å²) >= 11 is 0. The normalized spacial score (nSPS) is 18.5. The summed E-state index contributed by atoms with van der Waals surface area (Å²) in [6.45, 7) is 2.00. The van der Waals surface area contributed by atoms with Gasteiger partial charge in [0.1, 0.15) is 5.75 Å². The van der Waals surface area contributed by atoms with Crippen molar-refractivity contribution in [2.75, 3.05) is 0 Å². The number of nitrogens with zero attached hydrogens (tertiary/aromatic N) is 1. The Hall–Kier alpha value is -1.05. The Kier molecular flexibility index (Phi) is 3.59. The zero-order chi connectivity index (χ0) is 10.5. The minimum absolute atomic E-state index is 0.414. The van der Waals surface area contributed by atoms with E-state index >= 15 is 0 Å². The van der Waals surface area contributed by atoms with E-state index in [2.05, 4.69) is 4.98 Å². The number of aryl methyl sites for hydroxylation is 1. The molecular weight excluding hydrogens is 186 g/mol. The van der Waals surface area contributed by atoms with Gasteiger partial charge in [-0.1, -0.05) is 12.8 Å². The van der Waals surface area contributed by atoms with Crippen molar-refractivity contribution in [3.05, 3.63) is 24.0 Å². The molecule has 0 saturated heterocycles. The lowest BCUT2D eigenvalue weighted by Crippen LogP contribution is -2.15. The fraction of sp³-hybridized carbons (Fsp3) is 0.615. The summed E-state index contributed by atoms with van der Waals surface area (Å²) in [5.74, 6) is 0.924. The van der Waals surface area contributed by atoms with E-state index in [0.29, 0.717) is 6.10 Å². The zero-order valence-corrected chi connectivity index (χ0v) is 9.41. The number of hydrogen-bond acceptors (Lipinski definition) is 2. The summed E-state index contributed by atoms with van der Waals surface area (Å²) in [6, 6.07) is 4.03. The molecule has 2 rings (SSSR count). The van der Waals surface area contributed by atoms with Crippen LogP contribution in [-0.2, 0) is 0 Å². The molecule has 1 aromatic rings. The maximum Gasteiger partial charge on any atom is 0.138 e. The molecule has 1 fully saturated rings. The van der Waals surface area contributed by atoms with Gasteiger partial charge < -0.3 is 4.74 Å². The summed E-state index contributed by atoms with van der Waals surface area (Å²) in [5.41, 5.74) is 1.04. The molecule has 0 aliphatic heterocycles. The number of ether oxygens (including phenoxy) is 1. The fourth-order valence-electron chi connectivity index (χ4n) is 2.08. The first-order chi connectivity index (χ1) is 7.34. The van der Waals surface area contributed by atoms with Gasteiger partial charge in [0.25, 0.3) is 0 Å². The van der Waals surface area contributed by atoms with Crippen molar-refractivity contribution in [2.24, 2.45) is 0 Å². The van der Waals surface area contributed by atoms with Gasteiger partial charge in [-0.2, -0.15) is 0 Å². The molecule has 0 aromatic carbocycles. The number of aromatic nitrogens is 1. The second kappa shape index (κ2) is 5.15. The Labute approximate surface area is 91.7 Å². The number of pyridine rings is 1. The zero-order valence-electron chi connectivity index (χ0n) is 9.41. The molecule has 1 aromatic heterocycles. The van der Waals surface area contributed by atoms with Crippen molar-refractivity contribution in [3.8, 4) is 5.75 Å². The highest BCUT2D eigenvalue weighted by molar-refractivity contribution is 5.19. The molecule has 2 heteroatoms. The van der Waals surface area contributed by atoms with Gasteiger partial charge in [-0.25, -0.2) is 0 Å². The third-order valence-electron chi connectivity index (χ3n) is 2.99. The van der Waals surface area contributed by atoms with Crippen LogP contribution in [0.1, 0.15) is 44.2 Å². The van der Waals surface area contributed by atoms with Crippen LogP contribution in [-0.4, -0.2) is 11.1 Å². The Morgan fingerprint density at radius 1 is 1.13 bits per heavy atom. The maximum atomic E-state index is 5.93. The van der Waals surface area contributed by atoms with Gasteiger partial charge in [0.2, 0.25) is 0 Å². The van der Waals surface area contributed by atoms with Crippen LogP contribution in [0.15, 0.2) is 18.3 Å². The van der Waals surface area contributed by atoms with Crippen LogP contribution < -0.4 is 4.74 Å². The number of rotatable bonds is 2. The lowest BCUT2D eigenvalue weighted by atomic mass is 10.1. The van der Waals surface area contributed by atoms with E-state index in [1.54, 1.807) is 0 Å². The van der Waals surface area contributed by atoms with E-state index in [1.165, 1.54) is 38.5 Å². The van der Waals surface area contributed by atoms with E-state index < -0.39 is 0 Å². The SMILES string of the molecule is Cc1ccc(OC2CCCCCC2)cn1. The van der Waals surface area contributed by atoms with E-state index in [4.69, 9.17) is 4.74 Å². The molecule has 0 amide bonds. The largest absolute Gasteiger partial charge is 0.489 e. The first kappa shape index (κ1) is 10.5. The van der Waals surface area contributed by atoms with E-state index in [-0.39, 0.29) is 0 Å². The van der Waals surface area contributed by atoms with Crippen LogP contribution in [0.2, 0.25) is 0 Å². The predicted molar refractivity (Wildman–Crippen MR) is 61.1 cm³/mol. The smallest absolute Gasteiger partial charge is 0.138 e. The molecule has 2 nitrogen and oxygen atoms in total. The standard InChI is InChI=1S/C13H19NO/c1-11-8-9-13(10-14-11)15-12-6-4-2-3-5-7-12/h8-10,12H,2-7H2,1H3. The van der Waals surface area contributed by atoms with Gasteiger partial charge in [0.15, 0.2) is 0 Å². The highest BCUT2D eigenvalue weighted by atomic mass is 16.5. The summed E-state index contributed by atoms with van der Waals surface area (Å²) in [4.78, 5) is 4.24. The van der Waals surface area contributed by atoms with Gasteiger partial charge >= 0.3 is 0 Å². The Morgan fingerprint density at radius 2 is 1.87 bits per heavy atom. The minimum Gasteiger partial charge on any atom is -0.489 e. The van der Waals surface area contributed by atoms with Gasteiger partial charge in [0, 0.05) is 5.69 Å². The molecule has 1 saturated carbocycles. The molecule has 0 radical (unpaired) electrons. The van der Waals surface area contributed by atoms with Gasteiger partial charge in [-0.15, -0.1) is 0 Å². The van der Waals surface area contributed by atoms with E-state index in [0.717, 1.165) is 11.4 Å². The van der Waals surface area contributed by atoms with Crippen LogP contribution in [0.4, 0.5) is 0 Å². The lowest BCUT2D eigenvalue weighted by Gasteiger charge is -2.16. The highest BCUT2D eigenvalue weighted by Gasteiger charge is 2.13. The molecule has 15 heavy (non-hydrogen) atoms. The Morgan fingerprint density at radius 3 is 2.47 bits per heavy atom. The van der Waals surface area contributed by atoms with Crippen LogP contribution in [0, 0.1) is 6.92 Å². The minimum atomic E-state index is 0.414. The summed E-state index contributed by atoms with van der Waals surface area (Å²) in [5, 5.41) is 0. The van der Waals surface area contributed by atoms with Gasteiger partial charge in [0.05, 0.1) is 12.3 Å². The fourth-order valence-corrected chi connectivity index (χ4v) is 2.08. The van der Waals surface area contributed by atoms with Crippen LogP contribution in [0.3, 0.4) is 0 Å². The molecule has 1 aliphatic carbocycles. The van der Waals surface area contributed by atoms with Crippen molar-refractivity contribution < 1.29 is 4.74 Å². The van der Waals surface area contributed by atoms with Crippen molar-refractivity contribution in [2.45, 2.75) is 51.6 Å². The van der Waals surface area contributed by atoms with Crippen LogP contribution in [0.5, 0.6) is 5.75 Å². The van der Waals surface area contributed by atoms with E-state index in [1.807, 2.05) is 25.3 Å². The average Bonchev–Trinajstić information content (AvgIpc) is 2.50. The first-order valence-electron chi connectivity index (χ1n) is 5.94. The molecule has 1 aliphatic rings. The topological polar surface area (TPSA) is 22.1 Å². The van der Waals surface area contributed by atoms with Crippen molar-refractivity contribution in [1.82, 2.24) is 4.98 Å². The molecule has 82 valence electrons. The second-order valence-corrected chi connectivity index (χ2v) is 4.37. The molecule has 0 unspecified atom stereocenters. The summed E-state index contributed by atoms with van der Waals surface area (Å²) < 4.78 is 5.93. The maximum absolute atomic E-state index is 5.93. The third-order valence-corrected chi connectivity index (χ3v) is 2.99. The van der Waals surface area contributed by atoms with Crippen molar-refractivity contribution >= 4 is 0 Å². The van der Waals surface area contributed by atoms with E-state index in [9.17, 15) is 0 Å². The quantitative estimate of drug-likeness (QED) is 0.689. The highest BCUT2D eigenvalue weighted by Crippen LogP contribution is 2.22. The number of hydrogen-bond donors (Lipinski definition) is 0. The van der Waals surface area contributed by atoms with Gasteiger partial charge in [-0.05, 0) is 44.7 Å². The average molecular weight is 205 g/mol. The van der Waals surface area contributed by atoms with Gasteiger partial charge in [-0.3, -0.25) is 4.98 Å². The molecule has 0 N–H and O–H groups in total. The van der Waals surface area contributed by atoms with Crippen molar-refractivity contribution in [1.29, 1.82) is 0 Å². The first-order valence-corrected chi connectivity index (χ1v) is 5.94. The molecule has 0 atom stereocenters. The third kappa shape index (κ3) is 3.22. The molecule has 0 bridgehead atoms. The summed E-state index contributed by atoms with van der Waals surface area (Å²) in [6.07, 6.45) is 10.0. The predicted octanol–water partition coefficient (Wildman–Crippen LogP) is 3.49.